The lowest BCUT2D eigenvalue weighted by atomic mass is 10.0. The van der Waals surface area contributed by atoms with Gasteiger partial charge in [-0.25, -0.2) is 0 Å². The molecule has 62 valence electrons. The minimum atomic E-state index is -0.244. The van der Waals surface area contributed by atoms with E-state index in [1.807, 2.05) is 0 Å². The van der Waals surface area contributed by atoms with Crippen LogP contribution >= 0.6 is 0 Å². The molecule has 2 aliphatic heterocycles. The molecule has 0 aromatic carbocycles. The van der Waals surface area contributed by atoms with Gasteiger partial charge < -0.3 is 14.2 Å². The molecule has 0 aromatic rings. The molecular formula is C7H10O4. The van der Waals surface area contributed by atoms with Gasteiger partial charge in [-0.15, -0.1) is 0 Å². The number of esters is 1. The van der Waals surface area contributed by atoms with Crippen LogP contribution in [0.1, 0.15) is 6.42 Å². The molecule has 2 rings (SSSR count). The molecule has 0 bridgehead atoms. The summed E-state index contributed by atoms with van der Waals surface area (Å²) in [4.78, 5) is 10.8. The monoisotopic (exact) mass is 158 g/mol. The maximum Gasteiger partial charge on any atom is 0.306 e. The van der Waals surface area contributed by atoms with E-state index in [9.17, 15) is 4.79 Å². The second-order valence-electron chi connectivity index (χ2n) is 2.83. The van der Waals surface area contributed by atoms with Crippen LogP contribution in [0.4, 0.5) is 0 Å². The molecular weight excluding hydrogens is 148 g/mol. The molecule has 0 aliphatic carbocycles. The number of rotatable bonds is 1. The molecule has 2 heterocycles. The topological polar surface area (TPSA) is 44.8 Å². The number of ether oxygens (including phenoxy) is 3. The van der Waals surface area contributed by atoms with Crippen LogP contribution in [0.5, 0.6) is 0 Å². The Morgan fingerprint density at radius 3 is 3.18 bits per heavy atom. The first-order valence-corrected chi connectivity index (χ1v) is 3.65. The van der Waals surface area contributed by atoms with E-state index < -0.39 is 0 Å². The van der Waals surface area contributed by atoms with Crippen molar-refractivity contribution in [1.29, 1.82) is 0 Å². The van der Waals surface area contributed by atoms with Crippen LogP contribution in [0.25, 0.3) is 0 Å². The average molecular weight is 158 g/mol. The van der Waals surface area contributed by atoms with Crippen molar-refractivity contribution in [3.8, 4) is 0 Å². The molecule has 2 fully saturated rings. The Balaban J connectivity index is 2.07. The minimum Gasteiger partial charge on any atom is -0.459 e. The lowest BCUT2D eigenvalue weighted by Gasteiger charge is -2.11. The number of carbonyl (C=O) groups excluding carboxylic acids is 1. The van der Waals surface area contributed by atoms with Crippen LogP contribution in [-0.4, -0.2) is 32.1 Å². The van der Waals surface area contributed by atoms with Crippen molar-refractivity contribution in [2.24, 2.45) is 5.92 Å². The molecule has 0 spiro atoms. The Morgan fingerprint density at radius 2 is 2.45 bits per heavy atom. The normalized spacial score (nSPS) is 42.3. The van der Waals surface area contributed by atoms with E-state index in [2.05, 4.69) is 0 Å². The van der Waals surface area contributed by atoms with E-state index in [0.29, 0.717) is 13.0 Å². The fourth-order valence-electron chi connectivity index (χ4n) is 1.61. The summed E-state index contributed by atoms with van der Waals surface area (Å²) in [5, 5.41) is 0. The first kappa shape index (κ1) is 7.06. The maximum absolute atomic E-state index is 10.8. The van der Waals surface area contributed by atoms with Crippen LogP contribution in [0.3, 0.4) is 0 Å². The fourth-order valence-corrected chi connectivity index (χ4v) is 1.61. The summed E-state index contributed by atoms with van der Waals surface area (Å²) in [7, 11) is 1.58. The lowest BCUT2D eigenvalue weighted by Crippen LogP contribution is -2.20. The predicted octanol–water partition coefficient (Wildman–Crippen LogP) is -0.0792. The summed E-state index contributed by atoms with van der Waals surface area (Å²) in [6.07, 6.45) is 0.127. The van der Waals surface area contributed by atoms with Gasteiger partial charge in [0.1, 0.15) is 6.10 Å². The molecule has 2 aliphatic rings. The second-order valence-corrected chi connectivity index (χ2v) is 2.83. The number of carbonyl (C=O) groups is 1. The molecule has 0 amide bonds. The predicted molar refractivity (Wildman–Crippen MR) is 34.7 cm³/mol. The largest absolute Gasteiger partial charge is 0.459 e. The Labute approximate surface area is 64.4 Å². The number of hydrogen-bond acceptors (Lipinski definition) is 4. The summed E-state index contributed by atoms with van der Waals surface area (Å²) < 4.78 is 15.2. The first-order valence-electron chi connectivity index (χ1n) is 3.65. The van der Waals surface area contributed by atoms with Crippen molar-refractivity contribution in [2.45, 2.75) is 18.8 Å². The highest BCUT2D eigenvalue weighted by Crippen LogP contribution is 2.33. The molecule has 11 heavy (non-hydrogen) atoms. The van der Waals surface area contributed by atoms with E-state index >= 15 is 0 Å². The van der Waals surface area contributed by atoms with Gasteiger partial charge in [0.25, 0.3) is 0 Å². The van der Waals surface area contributed by atoms with Crippen LogP contribution in [0.2, 0.25) is 0 Å². The van der Waals surface area contributed by atoms with Gasteiger partial charge in [0.05, 0.1) is 18.9 Å². The van der Waals surface area contributed by atoms with Crippen molar-refractivity contribution in [1.82, 2.24) is 0 Å². The standard InChI is InChI=1S/C7H10O4/c1-9-7-4-2-6(8)11-5(4)3-10-7/h4-5,7H,2-3H2,1H3/t4?,5?,7-/m1/s1. The van der Waals surface area contributed by atoms with Gasteiger partial charge in [-0.1, -0.05) is 0 Å². The number of methoxy groups -OCH3 is 1. The van der Waals surface area contributed by atoms with Crippen LogP contribution in [0, 0.1) is 5.92 Å². The maximum atomic E-state index is 10.8. The summed E-state index contributed by atoms with van der Waals surface area (Å²) in [5.74, 6) is -0.0159. The van der Waals surface area contributed by atoms with E-state index in [-0.39, 0.29) is 24.3 Å². The fraction of sp³-hybridized carbons (Fsp3) is 0.857. The molecule has 0 saturated carbocycles. The quantitative estimate of drug-likeness (QED) is 0.501. The summed E-state index contributed by atoms with van der Waals surface area (Å²) in [6, 6.07) is 0. The molecule has 0 aromatic heterocycles. The van der Waals surface area contributed by atoms with E-state index in [1.54, 1.807) is 7.11 Å². The van der Waals surface area contributed by atoms with Gasteiger partial charge in [-0.2, -0.15) is 0 Å². The van der Waals surface area contributed by atoms with Crippen LogP contribution in [-0.2, 0) is 19.0 Å². The van der Waals surface area contributed by atoms with Gasteiger partial charge in [0.15, 0.2) is 6.29 Å². The number of fused-ring (bicyclic) bond motifs is 1. The average Bonchev–Trinajstić information content (AvgIpc) is 2.45. The van der Waals surface area contributed by atoms with Gasteiger partial charge in [-0.3, -0.25) is 4.79 Å². The first-order chi connectivity index (χ1) is 5.31. The molecule has 2 unspecified atom stereocenters. The van der Waals surface area contributed by atoms with Crippen molar-refractivity contribution < 1.29 is 19.0 Å². The summed E-state index contributed by atoms with van der Waals surface area (Å²) >= 11 is 0. The van der Waals surface area contributed by atoms with Crippen molar-refractivity contribution >= 4 is 5.97 Å². The third-order valence-electron chi connectivity index (χ3n) is 2.17. The molecule has 0 radical (unpaired) electrons. The summed E-state index contributed by atoms with van der Waals surface area (Å²) in [5.41, 5.74) is 0. The Kier molecular flexibility index (Phi) is 1.58. The zero-order valence-electron chi connectivity index (χ0n) is 6.28. The zero-order chi connectivity index (χ0) is 7.84. The SMILES string of the molecule is CO[C@@H]1OCC2OC(=O)CC21. The van der Waals surface area contributed by atoms with Gasteiger partial charge in [0.2, 0.25) is 0 Å². The Hall–Kier alpha value is -0.610. The zero-order valence-corrected chi connectivity index (χ0v) is 6.28. The third kappa shape index (κ3) is 1.02. The minimum absolute atomic E-state index is 0.0625. The van der Waals surface area contributed by atoms with Gasteiger partial charge in [0, 0.05) is 7.11 Å². The second kappa shape index (κ2) is 2.46. The highest BCUT2D eigenvalue weighted by atomic mass is 16.7. The van der Waals surface area contributed by atoms with Crippen molar-refractivity contribution in [2.75, 3.05) is 13.7 Å². The Bertz CT molecular complexity index is 179. The number of hydrogen-bond donors (Lipinski definition) is 0. The van der Waals surface area contributed by atoms with E-state index in [4.69, 9.17) is 14.2 Å². The summed E-state index contributed by atoms with van der Waals surface area (Å²) in [6.45, 7) is 0.481. The lowest BCUT2D eigenvalue weighted by molar-refractivity contribution is -0.146. The third-order valence-corrected chi connectivity index (χ3v) is 2.17. The van der Waals surface area contributed by atoms with Crippen molar-refractivity contribution in [3.63, 3.8) is 0 Å². The molecule has 3 atom stereocenters. The molecule has 2 saturated heterocycles. The highest BCUT2D eigenvalue weighted by Gasteiger charge is 2.46. The van der Waals surface area contributed by atoms with E-state index in [1.165, 1.54) is 0 Å². The highest BCUT2D eigenvalue weighted by molar-refractivity contribution is 5.72. The molecule has 4 nitrogen and oxygen atoms in total. The Morgan fingerprint density at radius 1 is 1.64 bits per heavy atom. The smallest absolute Gasteiger partial charge is 0.306 e. The van der Waals surface area contributed by atoms with Crippen molar-refractivity contribution in [3.05, 3.63) is 0 Å². The van der Waals surface area contributed by atoms with Crippen LogP contribution < -0.4 is 0 Å². The van der Waals surface area contributed by atoms with Gasteiger partial charge in [-0.05, 0) is 0 Å². The molecule has 4 heteroatoms. The van der Waals surface area contributed by atoms with Crippen LogP contribution in [0.15, 0.2) is 0 Å². The van der Waals surface area contributed by atoms with E-state index in [0.717, 1.165) is 0 Å². The van der Waals surface area contributed by atoms with Gasteiger partial charge >= 0.3 is 5.97 Å². The molecule has 0 N–H and O–H groups in total.